The van der Waals surface area contributed by atoms with Gasteiger partial charge in [0, 0.05) is 12.6 Å². The molecule has 0 spiro atoms. The molecule has 0 radical (unpaired) electrons. The Morgan fingerprint density at radius 1 is 1.00 bits per heavy atom. The summed E-state index contributed by atoms with van der Waals surface area (Å²) in [6.45, 7) is 12.0. The van der Waals surface area contributed by atoms with Crippen LogP contribution in [0.25, 0.3) is 0 Å². The molecule has 0 aliphatic rings. The normalized spacial score (nSPS) is 14.4. The van der Waals surface area contributed by atoms with Gasteiger partial charge in [-0.3, -0.25) is 0 Å². The SMILES string of the molecule is C[C@@H](O)[C@@H](NC(=O)OC(C)(C)C)N(Cc1ccccc1)S(=O)(=O)c1cccc(OC(C)(C)C)c1. The average molecular weight is 493 g/mol. The average Bonchev–Trinajstić information content (AvgIpc) is 2.68. The number of amides is 1. The molecule has 9 heteroatoms. The molecule has 0 aliphatic carbocycles. The zero-order valence-electron chi connectivity index (χ0n) is 20.9. The quantitative estimate of drug-likeness (QED) is 0.533. The van der Waals surface area contributed by atoms with E-state index in [0.29, 0.717) is 11.3 Å². The second-order valence-corrected chi connectivity index (χ2v) is 11.9. The molecule has 8 nitrogen and oxygen atoms in total. The summed E-state index contributed by atoms with van der Waals surface area (Å²) in [6.07, 6.45) is -3.36. The fraction of sp³-hybridized carbons (Fsp3) is 0.480. The van der Waals surface area contributed by atoms with Gasteiger partial charge in [-0.2, -0.15) is 4.31 Å². The van der Waals surface area contributed by atoms with Gasteiger partial charge < -0.3 is 19.9 Å². The van der Waals surface area contributed by atoms with E-state index in [-0.39, 0.29) is 11.4 Å². The first kappa shape index (κ1) is 27.6. The van der Waals surface area contributed by atoms with E-state index in [9.17, 15) is 18.3 Å². The molecule has 2 N–H and O–H groups in total. The van der Waals surface area contributed by atoms with Crippen LogP contribution < -0.4 is 10.1 Å². The van der Waals surface area contributed by atoms with Crippen LogP contribution in [0.2, 0.25) is 0 Å². The Labute approximate surface area is 202 Å². The van der Waals surface area contributed by atoms with Crippen LogP contribution in [-0.4, -0.2) is 47.4 Å². The van der Waals surface area contributed by atoms with Gasteiger partial charge in [0.05, 0.1) is 11.0 Å². The molecule has 34 heavy (non-hydrogen) atoms. The molecule has 0 aromatic heterocycles. The third kappa shape index (κ3) is 8.30. The Balaban J connectivity index is 2.51. The van der Waals surface area contributed by atoms with Crippen molar-refractivity contribution in [3.05, 3.63) is 60.2 Å². The maximum Gasteiger partial charge on any atom is 0.409 e. The smallest absolute Gasteiger partial charge is 0.409 e. The van der Waals surface area contributed by atoms with Crippen molar-refractivity contribution < 1.29 is 27.8 Å². The number of aliphatic hydroxyl groups excluding tert-OH is 1. The van der Waals surface area contributed by atoms with Crippen LogP contribution in [0.4, 0.5) is 4.79 Å². The van der Waals surface area contributed by atoms with E-state index >= 15 is 0 Å². The van der Waals surface area contributed by atoms with Gasteiger partial charge in [-0.15, -0.1) is 0 Å². The van der Waals surface area contributed by atoms with Crippen molar-refractivity contribution in [2.24, 2.45) is 0 Å². The summed E-state index contributed by atoms with van der Waals surface area (Å²) in [6, 6.07) is 15.1. The highest BCUT2D eigenvalue weighted by Gasteiger charge is 2.36. The summed E-state index contributed by atoms with van der Waals surface area (Å²) in [5, 5.41) is 13.1. The highest BCUT2D eigenvalue weighted by atomic mass is 32.2. The third-order valence-corrected chi connectivity index (χ3v) is 6.27. The minimum Gasteiger partial charge on any atom is -0.488 e. The van der Waals surface area contributed by atoms with Gasteiger partial charge in [0.1, 0.15) is 23.1 Å². The van der Waals surface area contributed by atoms with Gasteiger partial charge in [0.25, 0.3) is 0 Å². The van der Waals surface area contributed by atoms with Crippen molar-refractivity contribution in [3.8, 4) is 5.75 Å². The van der Waals surface area contributed by atoms with Gasteiger partial charge in [0.15, 0.2) is 0 Å². The van der Waals surface area contributed by atoms with E-state index in [0.717, 1.165) is 4.31 Å². The number of nitrogens with zero attached hydrogens (tertiary/aromatic N) is 1. The molecular weight excluding hydrogens is 456 g/mol. The van der Waals surface area contributed by atoms with Crippen LogP contribution in [0.3, 0.4) is 0 Å². The number of carbonyl (C=O) groups is 1. The fourth-order valence-electron chi connectivity index (χ4n) is 3.14. The predicted octanol–water partition coefficient (Wildman–Crippen LogP) is 4.29. The van der Waals surface area contributed by atoms with Gasteiger partial charge in [0.2, 0.25) is 10.0 Å². The Kier molecular flexibility index (Phi) is 8.74. The maximum atomic E-state index is 13.8. The highest BCUT2D eigenvalue weighted by Crippen LogP contribution is 2.27. The van der Waals surface area contributed by atoms with Gasteiger partial charge in [-0.25, -0.2) is 13.2 Å². The molecule has 0 saturated heterocycles. The lowest BCUT2D eigenvalue weighted by Crippen LogP contribution is -2.56. The predicted molar refractivity (Wildman–Crippen MR) is 131 cm³/mol. The molecule has 2 aromatic carbocycles. The molecule has 0 saturated carbocycles. The van der Waals surface area contributed by atoms with E-state index < -0.39 is 39.6 Å². The van der Waals surface area contributed by atoms with E-state index in [1.165, 1.54) is 19.1 Å². The molecule has 188 valence electrons. The van der Waals surface area contributed by atoms with E-state index in [2.05, 4.69) is 5.32 Å². The van der Waals surface area contributed by atoms with Crippen LogP contribution in [-0.2, 0) is 21.3 Å². The number of sulfonamides is 1. The zero-order chi connectivity index (χ0) is 25.7. The molecule has 2 rings (SSSR count). The molecule has 0 heterocycles. The number of hydrogen-bond acceptors (Lipinski definition) is 6. The van der Waals surface area contributed by atoms with E-state index in [4.69, 9.17) is 9.47 Å². The van der Waals surface area contributed by atoms with Crippen LogP contribution >= 0.6 is 0 Å². The first-order valence-electron chi connectivity index (χ1n) is 11.1. The second-order valence-electron chi connectivity index (χ2n) is 10.1. The zero-order valence-corrected chi connectivity index (χ0v) is 21.7. The van der Waals surface area contributed by atoms with Crippen molar-refractivity contribution in [2.75, 3.05) is 0 Å². The number of ether oxygens (including phenoxy) is 2. The number of benzene rings is 2. The second kappa shape index (κ2) is 10.8. The van der Waals surface area contributed by atoms with Crippen LogP contribution in [0.5, 0.6) is 5.75 Å². The Morgan fingerprint density at radius 2 is 1.62 bits per heavy atom. The van der Waals surface area contributed by atoms with E-state index in [1.54, 1.807) is 57.2 Å². The van der Waals surface area contributed by atoms with Crippen molar-refractivity contribution in [2.45, 2.75) is 83.4 Å². The minimum absolute atomic E-state index is 0.0261. The molecule has 1 amide bonds. The molecule has 2 atom stereocenters. The Hall–Kier alpha value is -2.62. The van der Waals surface area contributed by atoms with Crippen molar-refractivity contribution in [1.29, 1.82) is 0 Å². The molecule has 2 aromatic rings. The van der Waals surface area contributed by atoms with Gasteiger partial charge in [-0.1, -0.05) is 36.4 Å². The lowest BCUT2D eigenvalue weighted by atomic mass is 10.2. The molecule has 0 bridgehead atoms. The third-order valence-electron chi connectivity index (χ3n) is 4.45. The summed E-state index contributed by atoms with van der Waals surface area (Å²) < 4.78 is 39.9. The monoisotopic (exact) mass is 492 g/mol. The number of nitrogens with one attached hydrogen (secondary N) is 1. The molecular formula is C25H36N2O6S. The van der Waals surface area contributed by atoms with Crippen LogP contribution in [0.15, 0.2) is 59.5 Å². The van der Waals surface area contributed by atoms with Crippen LogP contribution in [0, 0.1) is 0 Å². The standard InChI is InChI=1S/C25H36N2O6S/c1-18(28)22(26-23(29)33-25(5,6)7)27(17-19-12-9-8-10-13-19)34(30,31)21-15-11-14-20(16-21)32-24(2,3)4/h8-16,18,22,28H,17H2,1-7H3,(H,26,29)/t18-,22+/m1/s1. The minimum atomic E-state index is -4.19. The summed E-state index contributed by atoms with van der Waals surface area (Å²) in [7, 11) is -4.19. The number of carbonyl (C=O) groups excluding carboxylic acids is 1. The summed E-state index contributed by atoms with van der Waals surface area (Å²) in [5.74, 6) is 0.391. The van der Waals surface area contributed by atoms with Gasteiger partial charge in [-0.05, 0) is 66.2 Å². The number of rotatable bonds is 8. The topological polar surface area (TPSA) is 105 Å². The van der Waals surface area contributed by atoms with Crippen molar-refractivity contribution in [3.63, 3.8) is 0 Å². The summed E-state index contributed by atoms with van der Waals surface area (Å²) in [4.78, 5) is 12.5. The van der Waals surface area contributed by atoms with Gasteiger partial charge >= 0.3 is 6.09 Å². The fourth-order valence-corrected chi connectivity index (χ4v) is 4.78. The summed E-state index contributed by atoms with van der Waals surface area (Å²) in [5.41, 5.74) is -0.633. The first-order valence-corrected chi connectivity index (χ1v) is 12.5. The molecule has 0 aliphatic heterocycles. The highest BCUT2D eigenvalue weighted by molar-refractivity contribution is 7.89. The van der Waals surface area contributed by atoms with Crippen molar-refractivity contribution >= 4 is 16.1 Å². The molecule has 0 unspecified atom stereocenters. The molecule has 0 fully saturated rings. The number of aliphatic hydroxyl groups is 1. The maximum absolute atomic E-state index is 13.8. The Bertz CT molecular complexity index is 1060. The lowest BCUT2D eigenvalue weighted by Gasteiger charge is -2.34. The number of alkyl carbamates (subject to hydrolysis) is 1. The van der Waals surface area contributed by atoms with Crippen LogP contribution in [0.1, 0.15) is 54.0 Å². The number of hydrogen-bond donors (Lipinski definition) is 2. The first-order chi connectivity index (χ1) is 15.6. The largest absolute Gasteiger partial charge is 0.488 e. The van der Waals surface area contributed by atoms with Crippen molar-refractivity contribution in [1.82, 2.24) is 9.62 Å². The van der Waals surface area contributed by atoms with E-state index in [1.807, 2.05) is 26.8 Å². The summed E-state index contributed by atoms with van der Waals surface area (Å²) >= 11 is 0. The Morgan fingerprint density at radius 3 is 2.15 bits per heavy atom. The lowest BCUT2D eigenvalue weighted by molar-refractivity contribution is 0.0301.